The summed E-state index contributed by atoms with van der Waals surface area (Å²) in [5.41, 5.74) is 4.00. The fraction of sp³-hybridized carbons (Fsp3) is 0.130. The lowest BCUT2D eigenvalue weighted by atomic mass is 10.2. The van der Waals surface area contributed by atoms with Gasteiger partial charge in [-0.05, 0) is 80.5 Å². The molecule has 0 fully saturated rings. The van der Waals surface area contributed by atoms with Crippen molar-refractivity contribution in [3.8, 4) is 17.2 Å². The topological polar surface area (TPSA) is 69.2 Å². The van der Waals surface area contributed by atoms with Crippen LogP contribution >= 0.6 is 38.5 Å². The van der Waals surface area contributed by atoms with Crippen LogP contribution in [-0.4, -0.2) is 26.3 Å². The highest BCUT2D eigenvalue weighted by Gasteiger charge is 2.13. The lowest BCUT2D eigenvalue weighted by molar-refractivity contribution is 0.0954. The maximum atomic E-state index is 13.8. The zero-order chi connectivity index (χ0) is 23.1. The van der Waals surface area contributed by atoms with Gasteiger partial charge in [-0.15, -0.1) is 0 Å². The van der Waals surface area contributed by atoms with Gasteiger partial charge in [0.15, 0.2) is 11.5 Å². The summed E-state index contributed by atoms with van der Waals surface area (Å²) >= 11 is 5.58. The second-order valence-electron chi connectivity index (χ2n) is 6.46. The smallest absolute Gasteiger partial charge is 0.271 e. The summed E-state index contributed by atoms with van der Waals surface area (Å²) < 4.78 is 31.8. The predicted molar refractivity (Wildman–Crippen MR) is 132 cm³/mol. The summed E-state index contributed by atoms with van der Waals surface area (Å²) in [5.74, 6) is 0.773. The van der Waals surface area contributed by atoms with Crippen molar-refractivity contribution >= 4 is 50.6 Å². The molecule has 0 saturated carbocycles. The maximum absolute atomic E-state index is 13.8. The van der Waals surface area contributed by atoms with Crippen molar-refractivity contribution in [3.63, 3.8) is 0 Å². The number of hydrazone groups is 1. The molecule has 3 rings (SSSR count). The van der Waals surface area contributed by atoms with Crippen LogP contribution in [0.4, 0.5) is 4.39 Å². The number of hydrogen-bond donors (Lipinski definition) is 1. The molecule has 0 aliphatic rings. The number of nitrogens with one attached hydrogen (secondary N) is 1. The highest BCUT2D eigenvalue weighted by molar-refractivity contribution is 14.1. The maximum Gasteiger partial charge on any atom is 0.271 e. The number of rotatable bonds is 8. The van der Waals surface area contributed by atoms with Crippen LogP contribution in [-0.2, 0) is 6.61 Å². The fourth-order valence-corrected chi connectivity index (χ4v) is 3.88. The summed E-state index contributed by atoms with van der Waals surface area (Å²) in [6, 6.07) is 15.0. The Hall–Kier alpha value is -2.66. The van der Waals surface area contributed by atoms with Gasteiger partial charge in [-0.2, -0.15) is 5.10 Å². The van der Waals surface area contributed by atoms with E-state index in [1.807, 2.05) is 0 Å². The van der Waals surface area contributed by atoms with Crippen LogP contribution in [0.1, 0.15) is 21.5 Å². The number of benzene rings is 3. The second kappa shape index (κ2) is 11.3. The van der Waals surface area contributed by atoms with E-state index in [1.165, 1.54) is 19.4 Å². The van der Waals surface area contributed by atoms with Crippen molar-refractivity contribution in [1.82, 2.24) is 5.43 Å². The molecule has 6 nitrogen and oxygen atoms in total. The second-order valence-corrected chi connectivity index (χ2v) is 8.48. The molecule has 0 radical (unpaired) electrons. The molecule has 0 bridgehead atoms. The van der Waals surface area contributed by atoms with Crippen molar-refractivity contribution in [2.45, 2.75) is 6.61 Å². The molecule has 0 atom stereocenters. The van der Waals surface area contributed by atoms with Crippen molar-refractivity contribution in [2.24, 2.45) is 5.10 Å². The predicted octanol–water partition coefficient (Wildman–Crippen LogP) is 5.55. The molecule has 1 amide bonds. The highest BCUT2D eigenvalue weighted by Crippen LogP contribution is 2.37. The Bertz CT molecular complexity index is 1160. The third kappa shape index (κ3) is 5.98. The molecule has 9 heteroatoms. The van der Waals surface area contributed by atoms with Crippen molar-refractivity contribution < 1.29 is 23.4 Å². The molecule has 3 aromatic rings. The molecule has 3 aromatic carbocycles. The van der Waals surface area contributed by atoms with Crippen LogP contribution in [0, 0.1) is 9.39 Å². The van der Waals surface area contributed by atoms with Crippen LogP contribution in [0.3, 0.4) is 0 Å². The molecule has 0 aliphatic heterocycles. The summed E-state index contributed by atoms with van der Waals surface area (Å²) in [4.78, 5) is 12.3. The van der Waals surface area contributed by atoms with E-state index in [1.54, 1.807) is 55.6 Å². The molecule has 0 aromatic heterocycles. The molecule has 0 saturated heterocycles. The van der Waals surface area contributed by atoms with E-state index in [2.05, 4.69) is 49.0 Å². The Kier molecular flexibility index (Phi) is 8.46. The van der Waals surface area contributed by atoms with Gasteiger partial charge in [0.2, 0.25) is 0 Å². The van der Waals surface area contributed by atoms with E-state index in [4.69, 9.17) is 14.2 Å². The first kappa shape index (κ1) is 24.0. The minimum absolute atomic E-state index is 0.0462. The number of hydrogen-bond acceptors (Lipinski definition) is 5. The van der Waals surface area contributed by atoms with Gasteiger partial charge < -0.3 is 14.2 Å². The molecular formula is C23H19BrFIN2O4. The van der Waals surface area contributed by atoms with E-state index >= 15 is 0 Å². The average Bonchev–Trinajstić information content (AvgIpc) is 2.79. The first-order valence-electron chi connectivity index (χ1n) is 9.33. The third-order valence-corrected chi connectivity index (χ3v) is 5.85. The Morgan fingerprint density at radius 1 is 1.12 bits per heavy atom. The monoisotopic (exact) mass is 612 g/mol. The summed E-state index contributed by atoms with van der Waals surface area (Å²) in [6.07, 6.45) is 1.48. The number of nitrogens with zero attached hydrogens (tertiary/aromatic N) is 1. The largest absolute Gasteiger partial charge is 0.496 e. The molecule has 0 aliphatic carbocycles. The van der Waals surface area contributed by atoms with Gasteiger partial charge in [-0.1, -0.05) is 18.2 Å². The van der Waals surface area contributed by atoms with E-state index in [9.17, 15) is 9.18 Å². The molecule has 0 unspecified atom stereocenters. The number of methoxy groups -OCH3 is 2. The van der Waals surface area contributed by atoms with Crippen LogP contribution in [0.25, 0.3) is 0 Å². The van der Waals surface area contributed by atoms with Crippen LogP contribution in [0.15, 0.2) is 64.2 Å². The Morgan fingerprint density at radius 3 is 2.59 bits per heavy atom. The lowest BCUT2D eigenvalue weighted by Crippen LogP contribution is -2.17. The highest BCUT2D eigenvalue weighted by atomic mass is 127. The van der Waals surface area contributed by atoms with Crippen LogP contribution < -0.4 is 19.6 Å². The zero-order valence-corrected chi connectivity index (χ0v) is 20.9. The average molecular weight is 613 g/mol. The SMILES string of the molecule is COc1cc(C(=O)N/N=C\c2cc(Br)c(OCc3ccccc3F)c(OC)c2)ccc1I. The molecule has 0 heterocycles. The van der Waals surface area contributed by atoms with Gasteiger partial charge in [0.25, 0.3) is 5.91 Å². The number of carbonyl (C=O) groups excluding carboxylic acids is 1. The standard InChI is InChI=1S/C23H19BrFIN2O4/c1-30-20-11-15(7-8-19(20)26)23(29)28-27-12-14-9-17(24)22(21(10-14)31-2)32-13-16-5-3-4-6-18(16)25/h3-12H,13H2,1-2H3,(H,28,29)/b27-12-. The van der Waals surface area contributed by atoms with Gasteiger partial charge in [0.1, 0.15) is 18.2 Å². The zero-order valence-electron chi connectivity index (χ0n) is 17.2. The Balaban J connectivity index is 1.70. The third-order valence-electron chi connectivity index (χ3n) is 4.37. The van der Waals surface area contributed by atoms with E-state index < -0.39 is 0 Å². The van der Waals surface area contributed by atoms with Crippen molar-refractivity contribution in [2.75, 3.05) is 14.2 Å². The minimum atomic E-state index is -0.369. The number of amides is 1. The Labute approximate surface area is 207 Å². The summed E-state index contributed by atoms with van der Waals surface area (Å²) in [5, 5.41) is 4.01. The molecular weight excluding hydrogens is 594 g/mol. The van der Waals surface area contributed by atoms with Crippen LogP contribution in [0.5, 0.6) is 17.2 Å². The first-order chi connectivity index (χ1) is 15.4. The number of halogens is 3. The molecule has 1 N–H and O–H groups in total. The normalized spacial score (nSPS) is 10.8. The molecule has 32 heavy (non-hydrogen) atoms. The lowest BCUT2D eigenvalue weighted by Gasteiger charge is -2.14. The number of carbonyl (C=O) groups is 1. The van der Waals surface area contributed by atoms with Crippen LogP contribution in [0.2, 0.25) is 0 Å². The van der Waals surface area contributed by atoms with Gasteiger partial charge >= 0.3 is 0 Å². The quantitative estimate of drug-likeness (QED) is 0.206. The van der Waals surface area contributed by atoms with Gasteiger partial charge in [0.05, 0.1) is 28.5 Å². The molecule has 166 valence electrons. The number of ether oxygens (including phenoxy) is 3. The van der Waals surface area contributed by atoms with Gasteiger partial charge in [0, 0.05) is 11.1 Å². The van der Waals surface area contributed by atoms with Crippen molar-refractivity contribution in [1.29, 1.82) is 0 Å². The fourth-order valence-electron chi connectivity index (χ4n) is 2.75. The van der Waals surface area contributed by atoms with Gasteiger partial charge in [-0.3, -0.25) is 4.79 Å². The Morgan fingerprint density at radius 2 is 1.88 bits per heavy atom. The summed E-state index contributed by atoms with van der Waals surface area (Å²) in [6.45, 7) is 0.0462. The first-order valence-corrected chi connectivity index (χ1v) is 11.2. The summed E-state index contributed by atoms with van der Waals surface area (Å²) in [7, 11) is 3.05. The van der Waals surface area contributed by atoms with E-state index in [0.29, 0.717) is 38.4 Å². The molecule has 0 spiro atoms. The van der Waals surface area contributed by atoms with Crippen molar-refractivity contribution in [3.05, 3.63) is 85.1 Å². The minimum Gasteiger partial charge on any atom is -0.496 e. The van der Waals surface area contributed by atoms with Gasteiger partial charge in [-0.25, -0.2) is 9.82 Å². The van der Waals surface area contributed by atoms with E-state index in [0.717, 1.165) is 3.57 Å². The van der Waals surface area contributed by atoms with E-state index in [-0.39, 0.29) is 18.3 Å².